The molecule has 2 aromatic rings. The van der Waals surface area contributed by atoms with Gasteiger partial charge in [-0.3, -0.25) is 10.2 Å². The molecular formula is C18H25N5O3. The quantitative estimate of drug-likeness (QED) is 0.800. The zero-order valence-electron chi connectivity index (χ0n) is 15.6. The minimum absolute atomic E-state index is 0.399. The van der Waals surface area contributed by atoms with Crippen LogP contribution in [0.15, 0.2) is 30.5 Å². The highest BCUT2D eigenvalue weighted by Gasteiger charge is 2.16. The summed E-state index contributed by atoms with van der Waals surface area (Å²) in [4.78, 5) is 23.6. The lowest BCUT2D eigenvalue weighted by Crippen LogP contribution is -2.44. The maximum Gasteiger partial charge on any atom is 0.426 e. The first kappa shape index (κ1) is 19.4. The molecule has 2 N–H and O–H groups in total. The molecule has 0 saturated carbocycles. The van der Waals surface area contributed by atoms with Crippen molar-refractivity contribution < 1.29 is 14.3 Å². The van der Waals surface area contributed by atoms with Gasteiger partial charge in [0.25, 0.3) is 5.91 Å². The number of rotatable bonds is 5. The average Bonchev–Trinajstić information content (AvgIpc) is 3.05. The molecule has 0 spiro atoms. The number of hydrogen-bond acceptors (Lipinski definition) is 5. The van der Waals surface area contributed by atoms with Crippen LogP contribution in [0, 0.1) is 0 Å². The fraction of sp³-hybridized carbons (Fsp3) is 0.444. The van der Waals surface area contributed by atoms with Crippen molar-refractivity contribution in [3.63, 3.8) is 0 Å². The van der Waals surface area contributed by atoms with Gasteiger partial charge in [-0.2, -0.15) is 0 Å². The highest BCUT2D eigenvalue weighted by Crippen LogP contribution is 2.10. The van der Waals surface area contributed by atoms with Gasteiger partial charge in [-0.05, 0) is 57.9 Å². The van der Waals surface area contributed by atoms with Crippen molar-refractivity contribution in [1.29, 1.82) is 0 Å². The molecule has 26 heavy (non-hydrogen) atoms. The number of carbonyl (C=O) groups excluding carboxylic acids is 2. The number of aromatic nitrogens is 3. The van der Waals surface area contributed by atoms with Gasteiger partial charge < -0.3 is 4.74 Å². The molecule has 0 fully saturated rings. The van der Waals surface area contributed by atoms with E-state index in [1.165, 1.54) is 0 Å². The standard InChI is InChI=1S/C18H25N5O3/c1-5-6-7-14-12-23(22-19-14)15-10-8-13(9-11-15)16(24)20-21-17(25)26-18(2,3)4/h8-12H,5-7H2,1-4H3,(H,20,24)(H,21,25). The number of nitrogens with zero attached hydrogens (tertiary/aromatic N) is 3. The van der Waals surface area contributed by atoms with Crippen LogP contribution in [-0.2, 0) is 11.2 Å². The Balaban J connectivity index is 1.93. The van der Waals surface area contributed by atoms with Crippen molar-refractivity contribution in [2.45, 2.75) is 52.6 Å². The minimum atomic E-state index is -0.718. The van der Waals surface area contributed by atoms with E-state index in [1.807, 2.05) is 6.20 Å². The van der Waals surface area contributed by atoms with Gasteiger partial charge >= 0.3 is 6.09 Å². The number of ether oxygens (including phenoxy) is 1. The molecule has 0 bridgehead atoms. The lowest BCUT2D eigenvalue weighted by atomic mass is 10.2. The van der Waals surface area contributed by atoms with Gasteiger partial charge in [-0.1, -0.05) is 18.6 Å². The molecule has 0 radical (unpaired) electrons. The Morgan fingerprint density at radius 1 is 1.15 bits per heavy atom. The lowest BCUT2D eigenvalue weighted by molar-refractivity contribution is 0.0483. The van der Waals surface area contributed by atoms with E-state index in [9.17, 15) is 9.59 Å². The summed E-state index contributed by atoms with van der Waals surface area (Å²) in [5.41, 5.74) is 6.04. The number of carbonyl (C=O) groups is 2. The highest BCUT2D eigenvalue weighted by molar-refractivity contribution is 5.95. The van der Waals surface area contributed by atoms with E-state index in [0.29, 0.717) is 5.56 Å². The summed E-state index contributed by atoms with van der Waals surface area (Å²) in [6.45, 7) is 7.35. The summed E-state index contributed by atoms with van der Waals surface area (Å²) < 4.78 is 6.72. The molecule has 0 atom stereocenters. The normalized spacial score (nSPS) is 11.1. The fourth-order valence-electron chi connectivity index (χ4n) is 2.15. The van der Waals surface area contributed by atoms with E-state index in [2.05, 4.69) is 28.1 Å². The highest BCUT2D eigenvalue weighted by atomic mass is 16.6. The fourth-order valence-corrected chi connectivity index (χ4v) is 2.15. The molecule has 2 rings (SSSR count). The van der Waals surface area contributed by atoms with E-state index in [1.54, 1.807) is 49.7 Å². The van der Waals surface area contributed by atoms with Crippen LogP contribution in [0.4, 0.5) is 4.79 Å². The summed E-state index contributed by atoms with van der Waals surface area (Å²) in [7, 11) is 0. The molecule has 0 aliphatic rings. The van der Waals surface area contributed by atoms with Gasteiger partial charge in [0, 0.05) is 5.56 Å². The number of benzene rings is 1. The van der Waals surface area contributed by atoms with Crippen LogP contribution in [0.1, 0.15) is 56.6 Å². The van der Waals surface area contributed by atoms with E-state index in [-0.39, 0.29) is 0 Å². The number of nitrogens with one attached hydrogen (secondary N) is 2. The first-order valence-corrected chi connectivity index (χ1v) is 8.59. The molecule has 0 aliphatic heterocycles. The smallest absolute Gasteiger partial charge is 0.426 e. The predicted octanol–water partition coefficient (Wildman–Crippen LogP) is 2.78. The molecule has 1 aromatic heterocycles. The largest absolute Gasteiger partial charge is 0.443 e. The summed E-state index contributed by atoms with van der Waals surface area (Å²) in [6.07, 6.45) is 4.24. The van der Waals surface area contributed by atoms with Crippen LogP contribution in [0.25, 0.3) is 5.69 Å². The maximum atomic E-state index is 12.1. The summed E-state index contributed by atoms with van der Waals surface area (Å²) in [5.74, 6) is -0.440. The number of aryl methyl sites for hydroxylation is 1. The molecule has 1 aromatic carbocycles. The van der Waals surface area contributed by atoms with Crippen molar-refractivity contribution in [1.82, 2.24) is 25.8 Å². The van der Waals surface area contributed by atoms with Crippen molar-refractivity contribution in [2.24, 2.45) is 0 Å². The number of amides is 2. The van der Waals surface area contributed by atoms with Crippen LogP contribution in [0.2, 0.25) is 0 Å². The van der Waals surface area contributed by atoms with Crippen LogP contribution in [-0.4, -0.2) is 32.6 Å². The van der Waals surface area contributed by atoms with E-state index in [4.69, 9.17) is 4.74 Å². The van der Waals surface area contributed by atoms with E-state index in [0.717, 1.165) is 30.6 Å². The van der Waals surface area contributed by atoms with Gasteiger partial charge in [-0.25, -0.2) is 14.9 Å². The molecule has 1 heterocycles. The molecule has 8 nitrogen and oxygen atoms in total. The third-order valence-electron chi connectivity index (χ3n) is 3.40. The SMILES string of the molecule is CCCCc1cn(-c2ccc(C(=O)NNC(=O)OC(C)(C)C)cc2)nn1. The molecular weight excluding hydrogens is 334 g/mol. The molecule has 0 unspecified atom stereocenters. The Morgan fingerprint density at radius 3 is 2.46 bits per heavy atom. The molecule has 140 valence electrons. The Hall–Kier alpha value is -2.90. The third kappa shape index (κ3) is 5.87. The molecule has 0 aliphatic carbocycles. The second kappa shape index (κ2) is 8.46. The summed E-state index contributed by atoms with van der Waals surface area (Å²) >= 11 is 0. The first-order valence-electron chi connectivity index (χ1n) is 8.59. The molecule has 2 amide bonds. The summed E-state index contributed by atoms with van der Waals surface area (Å²) in [5, 5.41) is 8.24. The second-order valence-corrected chi connectivity index (χ2v) is 6.89. The predicted molar refractivity (Wildman–Crippen MR) is 96.8 cm³/mol. The van der Waals surface area contributed by atoms with E-state index < -0.39 is 17.6 Å². The van der Waals surface area contributed by atoms with Gasteiger partial charge in [0.05, 0.1) is 17.6 Å². The molecule has 8 heteroatoms. The zero-order chi connectivity index (χ0) is 19.2. The monoisotopic (exact) mass is 359 g/mol. The van der Waals surface area contributed by atoms with Gasteiger partial charge in [0.15, 0.2) is 0 Å². The summed E-state index contributed by atoms with van der Waals surface area (Å²) in [6, 6.07) is 6.82. The van der Waals surface area contributed by atoms with E-state index >= 15 is 0 Å². The van der Waals surface area contributed by atoms with Crippen molar-refractivity contribution >= 4 is 12.0 Å². The number of unbranched alkanes of at least 4 members (excludes halogenated alkanes) is 1. The van der Waals surface area contributed by atoms with Gasteiger partial charge in [0.1, 0.15) is 5.60 Å². The first-order chi connectivity index (χ1) is 12.3. The average molecular weight is 359 g/mol. The topological polar surface area (TPSA) is 98.1 Å². The van der Waals surface area contributed by atoms with Crippen molar-refractivity contribution in [2.75, 3.05) is 0 Å². The Kier molecular flexibility index (Phi) is 6.32. The number of hydrazine groups is 1. The van der Waals surface area contributed by atoms with Gasteiger partial charge in [-0.15, -0.1) is 5.10 Å². The van der Waals surface area contributed by atoms with Crippen LogP contribution in [0.5, 0.6) is 0 Å². The molecule has 0 saturated heterocycles. The maximum absolute atomic E-state index is 12.1. The van der Waals surface area contributed by atoms with Crippen LogP contribution in [0.3, 0.4) is 0 Å². The lowest BCUT2D eigenvalue weighted by Gasteiger charge is -2.19. The second-order valence-electron chi connectivity index (χ2n) is 6.89. The Morgan fingerprint density at radius 2 is 1.85 bits per heavy atom. The van der Waals surface area contributed by atoms with Crippen LogP contribution < -0.4 is 10.9 Å². The Bertz CT molecular complexity index is 747. The van der Waals surface area contributed by atoms with Crippen molar-refractivity contribution in [3.05, 3.63) is 41.7 Å². The van der Waals surface area contributed by atoms with Crippen molar-refractivity contribution in [3.8, 4) is 5.69 Å². The Labute approximate surface area is 152 Å². The van der Waals surface area contributed by atoms with Gasteiger partial charge in [0.2, 0.25) is 0 Å². The zero-order valence-corrected chi connectivity index (χ0v) is 15.6. The van der Waals surface area contributed by atoms with Crippen LogP contribution >= 0.6 is 0 Å². The third-order valence-corrected chi connectivity index (χ3v) is 3.40. The number of hydrogen-bond donors (Lipinski definition) is 2. The minimum Gasteiger partial charge on any atom is -0.443 e.